The lowest BCUT2D eigenvalue weighted by Gasteiger charge is -2.10. The van der Waals surface area contributed by atoms with E-state index in [1.807, 2.05) is 29.1 Å². The quantitative estimate of drug-likeness (QED) is 0.601. The van der Waals surface area contributed by atoms with Gasteiger partial charge in [0.05, 0.1) is 0 Å². The third kappa shape index (κ3) is 3.92. The van der Waals surface area contributed by atoms with Crippen LogP contribution < -0.4 is 10.0 Å². The minimum absolute atomic E-state index is 0.0882. The highest BCUT2D eigenvalue weighted by molar-refractivity contribution is 7.89. The van der Waals surface area contributed by atoms with Crippen LogP contribution in [0, 0.1) is 20.8 Å². The van der Waals surface area contributed by atoms with E-state index >= 15 is 0 Å². The molecular weight excluding hydrogens is 356 g/mol. The van der Waals surface area contributed by atoms with Crippen molar-refractivity contribution in [2.75, 3.05) is 18.4 Å². The minimum Gasteiger partial charge on any atom is -0.369 e. The van der Waals surface area contributed by atoms with Crippen LogP contribution in [0.2, 0.25) is 0 Å². The molecule has 0 atom stereocenters. The van der Waals surface area contributed by atoms with E-state index in [1.54, 1.807) is 26.8 Å². The summed E-state index contributed by atoms with van der Waals surface area (Å²) in [6.45, 7) is 5.52. The zero-order valence-corrected chi connectivity index (χ0v) is 15.5. The minimum atomic E-state index is -3.67. The van der Waals surface area contributed by atoms with Gasteiger partial charge >= 0.3 is 0 Å². The van der Waals surface area contributed by atoms with Gasteiger partial charge in [-0.25, -0.2) is 23.1 Å². The number of hydrogen-bond donors (Lipinski definition) is 2. The van der Waals surface area contributed by atoms with Gasteiger partial charge in [0.15, 0.2) is 5.76 Å². The molecule has 0 saturated heterocycles. The van der Waals surface area contributed by atoms with Crippen molar-refractivity contribution >= 4 is 15.8 Å². The molecule has 10 heteroatoms. The van der Waals surface area contributed by atoms with Crippen LogP contribution in [0.3, 0.4) is 0 Å². The molecule has 0 aromatic carbocycles. The molecule has 0 fully saturated rings. The van der Waals surface area contributed by atoms with Crippen LogP contribution in [0.25, 0.3) is 5.82 Å². The van der Waals surface area contributed by atoms with Crippen molar-refractivity contribution in [1.29, 1.82) is 0 Å². The van der Waals surface area contributed by atoms with Gasteiger partial charge in [-0.3, -0.25) is 0 Å². The van der Waals surface area contributed by atoms with Crippen molar-refractivity contribution in [2.24, 2.45) is 0 Å². The van der Waals surface area contributed by atoms with Gasteiger partial charge in [0, 0.05) is 31.5 Å². The van der Waals surface area contributed by atoms with E-state index < -0.39 is 10.0 Å². The van der Waals surface area contributed by atoms with Crippen molar-refractivity contribution in [3.63, 3.8) is 0 Å². The third-order valence-corrected chi connectivity index (χ3v) is 5.36. The molecule has 0 aliphatic carbocycles. The number of nitrogens with zero attached hydrogens (tertiary/aromatic N) is 4. The molecule has 26 heavy (non-hydrogen) atoms. The zero-order valence-electron chi connectivity index (χ0n) is 14.7. The Balaban J connectivity index is 1.62. The molecule has 0 amide bonds. The highest BCUT2D eigenvalue weighted by atomic mass is 32.2. The number of nitrogens with one attached hydrogen (secondary N) is 2. The van der Waals surface area contributed by atoms with Gasteiger partial charge in [-0.15, -0.1) is 0 Å². The Morgan fingerprint density at radius 1 is 1.12 bits per heavy atom. The van der Waals surface area contributed by atoms with Crippen LogP contribution in [-0.4, -0.2) is 41.2 Å². The van der Waals surface area contributed by atoms with Crippen molar-refractivity contribution in [3.05, 3.63) is 47.9 Å². The lowest BCUT2D eigenvalue weighted by molar-refractivity contribution is 0.390. The molecule has 2 N–H and O–H groups in total. The van der Waals surface area contributed by atoms with E-state index in [9.17, 15) is 8.42 Å². The lowest BCUT2D eigenvalue weighted by Crippen LogP contribution is -2.29. The molecule has 0 aliphatic heterocycles. The van der Waals surface area contributed by atoms with Gasteiger partial charge in [0.2, 0.25) is 10.0 Å². The zero-order chi connectivity index (χ0) is 18.7. The van der Waals surface area contributed by atoms with E-state index in [2.05, 4.69) is 25.2 Å². The summed E-state index contributed by atoms with van der Waals surface area (Å²) in [5.74, 6) is 2.25. The molecule has 0 aliphatic rings. The molecule has 0 saturated carbocycles. The summed E-state index contributed by atoms with van der Waals surface area (Å²) in [6, 6.07) is 5.62. The van der Waals surface area contributed by atoms with Crippen molar-refractivity contribution in [1.82, 2.24) is 24.4 Å². The van der Waals surface area contributed by atoms with Crippen molar-refractivity contribution < 1.29 is 12.9 Å². The summed E-state index contributed by atoms with van der Waals surface area (Å²) in [4.78, 5) is 8.79. The Hall–Kier alpha value is -2.72. The number of aromatic nitrogens is 4. The summed E-state index contributed by atoms with van der Waals surface area (Å²) in [5, 5.41) is 6.78. The van der Waals surface area contributed by atoms with E-state index in [0.29, 0.717) is 23.9 Å². The second kappa shape index (κ2) is 7.26. The van der Waals surface area contributed by atoms with Gasteiger partial charge in [0.25, 0.3) is 0 Å². The summed E-state index contributed by atoms with van der Waals surface area (Å²) >= 11 is 0. The van der Waals surface area contributed by atoms with Crippen LogP contribution in [0.15, 0.2) is 40.0 Å². The predicted octanol–water partition coefficient (Wildman–Crippen LogP) is 1.57. The Morgan fingerprint density at radius 2 is 1.85 bits per heavy atom. The molecule has 3 heterocycles. The fourth-order valence-corrected chi connectivity index (χ4v) is 3.93. The number of anilines is 1. The van der Waals surface area contributed by atoms with Crippen molar-refractivity contribution in [3.8, 4) is 5.82 Å². The normalized spacial score (nSPS) is 11.7. The van der Waals surface area contributed by atoms with E-state index in [1.165, 1.54) is 0 Å². The maximum absolute atomic E-state index is 12.3. The summed E-state index contributed by atoms with van der Waals surface area (Å²) < 4.78 is 34.0. The molecule has 3 aromatic rings. The first kappa shape index (κ1) is 18.1. The van der Waals surface area contributed by atoms with Crippen LogP contribution in [-0.2, 0) is 10.0 Å². The largest absolute Gasteiger partial charge is 0.369 e. The summed E-state index contributed by atoms with van der Waals surface area (Å²) in [7, 11) is -3.67. The smallest absolute Gasteiger partial charge is 0.246 e. The van der Waals surface area contributed by atoms with Gasteiger partial charge in [-0.05, 0) is 32.9 Å². The van der Waals surface area contributed by atoms with E-state index in [4.69, 9.17) is 4.52 Å². The molecule has 9 nitrogen and oxygen atoms in total. The monoisotopic (exact) mass is 376 g/mol. The molecule has 0 radical (unpaired) electrons. The fourth-order valence-electron chi connectivity index (χ4n) is 2.57. The molecule has 138 valence electrons. The standard InChI is InChI=1S/C16H20N6O3S/c1-11-16(12(2)25-21-11)26(23,24)18-7-6-17-14-10-15(20-13(3)19-14)22-8-4-5-9-22/h4-5,8-10,18H,6-7H2,1-3H3,(H,17,19,20). The summed E-state index contributed by atoms with van der Waals surface area (Å²) in [5.41, 5.74) is 0.339. The van der Waals surface area contributed by atoms with Gasteiger partial charge in [-0.2, -0.15) is 0 Å². The third-order valence-electron chi connectivity index (χ3n) is 3.65. The van der Waals surface area contributed by atoms with Gasteiger partial charge < -0.3 is 14.4 Å². The predicted molar refractivity (Wildman–Crippen MR) is 95.8 cm³/mol. The highest BCUT2D eigenvalue weighted by Gasteiger charge is 2.23. The topological polar surface area (TPSA) is 115 Å². The lowest BCUT2D eigenvalue weighted by atomic mass is 10.4. The Bertz CT molecular complexity index is 976. The average Bonchev–Trinajstić information content (AvgIpc) is 3.21. The number of hydrogen-bond acceptors (Lipinski definition) is 7. The van der Waals surface area contributed by atoms with Crippen molar-refractivity contribution in [2.45, 2.75) is 25.7 Å². The highest BCUT2D eigenvalue weighted by Crippen LogP contribution is 2.18. The first-order valence-corrected chi connectivity index (χ1v) is 9.50. The Morgan fingerprint density at radius 3 is 2.50 bits per heavy atom. The average molecular weight is 376 g/mol. The van der Waals surface area contributed by atoms with Crippen LogP contribution >= 0.6 is 0 Å². The van der Waals surface area contributed by atoms with Gasteiger partial charge in [0.1, 0.15) is 28.0 Å². The fraction of sp³-hybridized carbons (Fsp3) is 0.312. The molecule has 0 spiro atoms. The number of rotatable bonds is 7. The summed E-state index contributed by atoms with van der Waals surface area (Å²) in [6.07, 6.45) is 3.78. The van der Waals surface area contributed by atoms with Gasteiger partial charge in [-0.1, -0.05) is 5.16 Å². The van der Waals surface area contributed by atoms with E-state index in [-0.39, 0.29) is 17.2 Å². The SMILES string of the molecule is Cc1nc(NCCNS(=O)(=O)c2c(C)noc2C)cc(-n2cccc2)n1. The number of sulfonamides is 1. The van der Waals surface area contributed by atoms with Crippen LogP contribution in [0.5, 0.6) is 0 Å². The Kier molecular flexibility index (Phi) is 5.05. The molecule has 0 unspecified atom stereocenters. The maximum atomic E-state index is 12.3. The Labute approximate surface area is 151 Å². The van der Waals surface area contributed by atoms with Crippen LogP contribution in [0.1, 0.15) is 17.3 Å². The second-order valence-corrected chi connectivity index (χ2v) is 7.43. The van der Waals surface area contributed by atoms with Crippen LogP contribution in [0.4, 0.5) is 5.82 Å². The first-order valence-electron chi connectivity index (χ1n) is 8.02. The second-order valence-electron chi connectivity index (χ2n) is 5.73. The first-order chi connectivity index (χ1) is 12.4. The van der Waals surface area contributed by atoms with E-state index in [0.717, 1.165) is 5.82 Å². The maximum Gasteiger partial charge on any atom is 0.246 e. The number of aryl methyl sites for hydroxylation is 3. The molecule has 3 rings (SSSR count). The molecule has 3 aromatic heterocycles. The molecular formula is C16H20N6O3S. The molecule has 0 bridgehead atoms.